The lowest BCUT2D eigenvalue weighted by Crippen LogP contribution is -2.34. The number of nitrogens with zero attached hydrogens (tertiary/aromatic N) is 2. The van der Waals surface area contributed by atoms with E-state index in [-0.39, 0.29) is 12.2 Å². The molecule has 2 aliphatic rings. The molecule has 2 aromatic heterocycles. The fraction of sp³-hybridized carbons (Fsp3) is 0.652. The molecule has 0 spiro atoms. The molecule has 1 aliphatic carbocycles. The fourth-order valence-electron chi connectivity index (χ4n) is 4.50. The Balaban J connectivity index is 1.65. The number of aliphatic hydroxyl groups is 1. The molecule has 1 saturated carbocycles. The van der Waals surface area contributed by atoms with Crippen LogP contribution in [0.1, 0.15) is 69.8 Å². The summed E-state index contributed by atoms with van der Waals surface area (Å²) >= 11 is 0. The summed E-state index contributed by atoms with van der Waals surface area (Å²) < 4.78 is 6.31. The predicted octanol–water partition coefficient (Wildman–Crippen LogP) is 3.99. The Labute approximate surface area is 173 Å². The van der Waals surface area contributed by atoms with Crippen molar-refractivity contribution >= 4 is 16.6 Å². The quantitative estimate of drug-likeness (QED) is 0.612. The number of ether oxygens (including phenoxy) is 1. The number of anilines is 1. The van der Waals surface area contributed by atoms with Gasteiger partial charge in [-0.25, -0.2) is 9.97 Å². The first-order valence-electron chi connectivity index (χ1n) is 11.3. The second-order valence-electron chi connectivity index (χ2n) is 8.49. The van der Waals surface area contributed by atoms with Gasteiger partial charge in [-0.05, 0) is 81.0 Å². The Kier molecular flexibility index (Phi) is 6.82. The molecule has 2 fully saturated rings. The topological polar surface area (TPSA) is 79.3 Å². The number of aliphatic hydroxyl groups excluding tert-OH is 1. The lowest BCUT2D eigenvalue weighted by atomic mass is 9.82. The summed E-state index contributed by atoms with van der Waals surface area (Å²) in [4.78, 5) is 9.38. The largest absolute Gasteiger partial charge is 0.474 e. The molecule has 0 unspecified atom stereocenters. The number of fused-ring (bicyclic) bond motifs is 1. The summed E-state index contributed by atoms with van der Waals surface area (Å²) in [7, 11) is 0. The van der Waals surface area contributed by atoms with Crippen molar-refractivity contribution in [2.75, 3.05) is 25.0 Å². The van der Waals surface area contributed by atoms with Crippen LogP contribution in [-0.4, -0.2) is 46.9 Å². The SMILES string of the molecule is CCCCNc1cc2c(cn1)c(OC1CCNCC1)ncc2[C@H]1CC[C@H](O)CC1. The molecule has 1 saturated heterocycles. The highest BCUT2D eigenvalue weighted by Crippen LogP contribution is 2.39. The van der Waals surface area contributed by atoms with Crippen molar-refractivity contribution in [1.29, 1.82) is 0 Å². The second-order valence-corrected chi connectivity index (χ2v) is 8.49. The highest BCUT2D eigenvalue weighted by Gasteiger charge is 2.25. The van der Waals surface area contributed by atoms with Crippen molar-refractivity contribution in [3.8, 4) is 5.88 Å². The highest BCUT2D eigenvalue weighted by atomic mass is 16.5. The van der Waals surface area contributed by atoms with Crippen LogP contribution in [0.25, 0.3) is 10.8 Å². The van der Waals surface area contributed by atoms with Crippen LogP contribution < -0.4 is 15.4 Å². The summed E-state index contributed by atoms with van der Waals surface area (Å²) in [6.45, 7) is 5.12. The second kappa shape index (κ2) is 9.72. The summed E-state index contributed by atoms with van der Waals surface area (Å²) in [5, 5.41) is 19.0. The molecule has 0 radical (unpaired) electrons. The van der Waals surface area contributed by atoms with Crippen LogP contribution >= 0.6 is 0 Å². The van der Waals surface area contributed by atoms with Gasteiger partial charge in [0.2, 0.25) is 5.88 Å². The standard InChI is InChI=1S/C23H34N4O2/c1-2-3-10-25-22-13-19-20(16-4-6-17(28)7-5-16)14-27-23(21(19)15-26-22)29-18-8-11-24-12-9-18/h13-18,24,28H,2-12H2,1H3,(H,25,26)/t16-,17-. The molecular weight excluding hydrogens is 364 g/mol. The van der Waals surface area contributed by atoms with Crippen LogP contribution in [0.4, 0.5) is 5.82 Å². The number of piperidine rings is 1. The van der Waals surface area contributed by atoms with Crippen LogP contribution in [-0.2, 0) is 0 Å². The molecule has 3 N–H and O–H groups in total. The van der Waals surface area contributed by atoms with Gasteiger partial charge < -0.3 is 20.5 Å². The Morgan fingerprint density at radius 3 is 2.62 bits per heavy atom. The van der Waals surface area contributed by atoms with E-state index in [1.807, 2.05) is 12.4 Å². The lowest BCUT2D eigenvalue weighted by Gasteiger charge is -2.27. The Bertz CT molecular complexity index is 799. The van der Waals surface area contributed by atoms with Gasteiger partial charge in [-0.15, -0.1) is 0 Å². The average Bonchev–Trinajstić information content (AvgIpc) is 2.75. The fourth-order valence-corrected chi connectivity index (χ4v) is 4.50. The zero-order valence-corrected chi connectivity index (χ0v) is 17.5. The number of rotatable bonds is 7. The molecule has 0 atom stereocenters. The Morgan fingerprint density at radius 1 is 1.07 bits per heavy atom. The van der Waals surface area contributed by atoms with Gasteiger partial charge in [0.05, 0.1) is 11.5 Å². The molecule has 0 aromatic carbocycles. The minimum Gasteiger partial charge on any atom is -0.474 e. The molecule has 0 bridgehead atoms. The van der Waals surface area contributed by atoms with Gasteiger partial charge in [-0.1, -0.05) is 13.3 Å². The third-order valence-electron chi connectivity index (χ3n) is 6.30. The molecule has 1 aliphatic heterocycles. The van der Waals surface area contributed by atoms with Crippen molar-refractivity contribution in [3.63, 3.8) is 0 Å². The van der Waals surface area contributed by atoms with Crippen LogP contribution in [0.2, 0.25) is 0 Å². The molecular formula is C23H34N4O2. The van der Waals surface area contributed by atoms with E-state index >= 15 is 0 Å². The van der Waals surface area contributed by atoms with Gasteiger partial charge in [-0.3, -0.25) is 0 Å². The third-order valence-corrected chi connectivity index (χ3v) is 6.30. The lowest BCUT2D eigenvalue weighted by molar-refractivity contribution is 0.122. The zero-order chi connectivity index (χ0) is 20.1. The molecule has 0 amide bonds. The van der Waals surface area contributed by atoms with Gasteiger partial charge in [0, 0.05) is 18.9 Å². The van der Waals surface area contributed by atoms with E-state index in [1.165, 1.54) is 10.9 Å². The van der Waals surface area contributed by atoms with E-state index in [2.05, 4.69) is 28.6 Å². The van der Waals surface area contributed by atoms with Gasteiger partial charge >= 0.3 is 0 Å². The average molecular weight is 399 g/mol. The number of pyridine rings is 2. The molecule has 3 heterocycles. The molecule has 29 heavy (non-hydrogen) atoms. The first-order valence-corrected chi connectivity index (χ1v) is 11.3. The van der Waals surface area contributed by atoms with E-state index in [4.69, 9.17) is 9.72 Å². The van der Waals surface area contributed by atoms with Gasteiger partial charge in [0.15, 0.2) is 0 Å². The smallest absolute Gasteiger partial charge is 0.223 e. The van der Waals surface area contributed by atoms with Crippen LogP contribution in [0.15, 0.2) is 18.5 Å². The minimum atomic E-state index is -0.152. The number of hydrogen-bond donors (Lipinski definition) is 3. The zero-order valence-electron chi connectivity index (χ0n) is 17.5. The van der Waals surface area contributed by atoms with Crippen molar-refractivity contribution in [3.05, 3.63) is 24.0 Å². The van der Waals surface area contributed by atoms with Crippen molar-refractivity contribution in [1.82, 2.24) is 15.3 Å². The normalized spacial score (nSPS) is 23.2. The molecule has 158 valence electrons. The van der Waals surface area contributed by atoms with Crippen LogP contribution in [0, 0.1) is 0 Å². The molecule has 6 nitrogen and oxygen atoms in total. The van der Waals surface area contributed by atoms with E-state index in [0.29, 0.717) is 11.8 Å². The maximum atomic E-state index is 9.92. The Morgan fingerprint density at radius 2 is 1.86 bits per heavy atom. The van der Waals surface area contributed by atoms with E-state index in [1.54, 1.807) is 0 Å². The maximum Gasteiger partial charge on any atom is 0.223 e. The summed E-state index contributed by atoms with van der Waals surface area (Å²) in [6.07, 6.45) is 12.1. The van der Waals surface area contributed by atoms with Gasteiger partial charge in [0.1, 0.15) is 11.9 Å². The number of aromatic nitrogens is 2. The monoisotopic (exact) mass is 398 g/mol. The van der Waals surface area contributed by atoms with E-state index in [0.717, 1.165) is 82.2 Å². The number of nitrogens with one attached hydrogen (secondary N) is 2. The Hall–Kier alpha value is -1.92. The van der Waals surface area contributed by atoms with Gasteiger partial charge in [-0.2, -0.15) is 0 Å². The first kappa shape index (κ1) is 20.4. The maximum absolute atomic E-state index is 9.92. The first-order chi connectivity index (χ1) is 14.2. The molecule has 6 heteroatoms. The van der Waals surface area contributed by atoms with Crippen LogP contribution in [0.5, 0.6) is 5.88 Å². The predicted molar refractivity (Wildman–Crippen MR) is 117 cm³/mol. The highest BCUT2D eigenvalue weighted by molar-refractivity contribution is 5.91. The summed E-state index contributed by atoms with van der Waals surface area (Å²) in [5.74, 6) is 2.06. The third kappa shape index (κ3) is 4.98. The molecule has 2 aromatic rings. The number of hydrogen-bond acceptors (Lipinski definition) is 6. The molecule has 4 rings (SSSR count). The van der Waals surface area contributed by atoms with E-state index < -0.39 is 0 Å². The summed E-state index contributed by atoms with van der Waals surface area (Å²) in [6, 6.07) is 2.17. The van der Waals surface area contributed by atoms with Crippen molar-refractivity contribution < 1.29 is 9.84 Å². The van der Waals surface area contributed by atoms with E-state index in [9.17, 15) is 5.11 Å². The minimum absolute atomic E-state index is 0.152. The van der Waals surface area contributed by atoms with Crippen molar-refractivity contribution in [2.24, 2.45) is 0 Å². The van der Waals surface area contributed by atoms with Crippen LogP contribution in [0.3, 0.4) is 0 Å². The van der Waals surface area contributed by atoms with Crippen molar-refractivity contribution in [2.45, 2.75) is 76.4 Å². The number of unbranched alkanes of at least 4 members (excludes halogenated alkanes) is 1. The summed E-state index contributed by atoms with van der Waals surface area (Å²) in [5.41, 5.74) is 1.27. The van der Waals surface area contributed by atoms with Gasteiger partial charge in [0.25, 0.3) is 0 Å².